The van der Waals surface area contributed by atoms with E-state index in [4.69, 9.17) is 4.42 Å². The van der Waals surface area contributed by atoms with Gasteiger partial charge in [-0.25, -0.2) is 4.98 Å². The first kappa shape index (κ1) is 18.2. The number of benzene rings is 1. The lowest BCUT2D eigenvalue weighted by atomic mass is 10.1. The molecule has 2 aromatic heterocycles. The number of aromatic nitrogens is 2. The van der Waals surface area contributed by atoms with Gasteiger partial charge in [-0.1, -0.05) is 24.3 Å². The van der Waals surface area contributed by atoms with Crippen LogP contribution in [0.15, 0.2) is 53.2 Å². The third-order valence-corrected chi connectivity index (χ3v) is 4.90. The molecule has 0 radical (unpaired) electrons. The molecule has 2 heterocycles. The van der Waals surface area contributed by atoms with Crippen molar-refractivity contribution in [3.8, 4) is 11.5 Å². The minimum Gasteiger partial charge on any atom is -0.441 e. The van der Waals surface area contributed by atoms with Gasteiger partial charge in [-0.3, -0.25) is 9.78 Å². The highest BCUT2D eigenvalue weighted by Gasteiger charge is 2.13. The van der Waals surface area contributed by atoms with E-state index >= 15 is 0 Å². The highest BCUT2D eigenvalue weighted by molar-refractivity contribution is 7.99. The van der Waals surface area contributed by atoms with Gasteiger partial charge in [0.2, 0.25) is 11.8 Å². The zero-order chi connectivity index (χ0) is 18.4. The van der Waals surface area contributed by atoms with Crippen molar-refractivity contribution in [3.63, 3.8) is 0 Å². The number of carbonyl (C=O) groups excluding carboxylic acids is 1. The van der Waals surface area contributed by atoms with Gasteiger partial charge in [-0.2, -0.15) is 0 Å². The SMILES string of the molecule is Cc1ccccc1-c1nc(CSCC(=O)NCc2cccnc2)c(C)o1. The topological polar surface area (TPSA) is 68.0 Å². The number of nitrogens with one attached hydrogen (secondary N) is 1. The molecule has 6 heteroatoms. The maximum Gasteiger partial charge on any atom is 0.230 e. The summed E-state index contributed by atoms with van der Waals surface area (Å²) in [7, 11) is 0. The fourth-order valence-electron chi connectivity index (χ4n) is 2.48. The minimum absolute atomic E-state index is 0.000807. The van der Waals surface area contributed by atoms with Crippen LogP contribution >= 0.6 is 11.8 Å². The molecule has 0 saturated carbocycles. The van der Waals surface area contributed by atoms with Crippen molar-refractivity contribution in [2.45, 2.75) is 26.1 Å². The summed E-state index contributed by atoms with van der Waals surface area (Å²) in [5.41, 5.74) is 4.00. The summed E-state index contributed by atoms with van der Waals surface area (Å²) < 4.78 is 5.81. The molecule has 0 aliphatic heterocycles. The van der Waals surface area contributed by atoms with E-state index in [-0.39, 0.29) is 5.91 Å². The molecule has 0 bridgehead atoms. The summed E-state index contributed by atoms with van der Waals surface area (Å²) in [6, 6.07) is 11.8. The number of carbonyl (C=O) groups is 1. The summed E-state index contributed by atoms with van der Waals surface area (Å²) in [5, 5.41) is 2.89. The van der Waals surface area contributed by atoms with Gasteiger partial charge in [0.25, 0.3) is 0 Å². The van der Waals surface area contributed by atoms with E-state index in [0.717, 1.165) is 28.1 Å². The smallest absolute Gasteiger partial charge is 0.230 e. The van der Waals surface area contributed by atoms with Gasteiger partial charge >= 0.3 is 0 Å². The van der Waals surface area contributed by atoms with Crippen molar-refractivity contribution >= 4 is 17.7 Å². The van der Waals surface area contributed by atoms with E-state index < -0.39 is 0 Å². The molecular formula is C20H21N3O2S. The van der Waals surface area contributed by atoms with Crippen LogP contribution in [0.4, 0.5) is 0 Å². The number of aryl methyl sites for hydroxylation is 2. The number of oxazole rings is 1. The second-order valence-corrected chi connectivity index (χ2v) is 6.95. The third kappa shape index (κ3) is 4.73. The van der Waals surface area contributed by atoms with E-state index in [1.54, 1.807) is 12.4 Å². The van der Waals surface area contributed by atoms with E-state index in [9.17, 15) is 4.79 Å². The Kier molecular flexibility index (Phi) is 6.07. The highest BCUT2D eigenvalue weighted by atomic mass is 32.2. The van der Waals surface area contributed by atoms with Gasteiger partial charge in [0, 0.05) is 30.3 Å². The van der Waals surface area contributed by atoms with Crippen LogP contribution in [0.2, 0.25) is 0 Å². The Morgan fingerprint density at radius 2 is 2.04 bits per heavy atom. The first-order chi connectivity index (χ1) is 12.6. The fraction of sp³-hybridized carbons (Fsp3) is 0.250. The monoisotopic (exact) mass is 367 g/mol. The molecule has 0 atom stereocenters. The molecule has 1 amide bonds. The molecule has 0 fully saturated rings. The Bertz CT molecular complexity index is 878. The van der Waals surface area contributed by atoms with Crippen molar-refractivity contribution in [1.82, 2.24) is 15.3 Å². The average molecular weight is 367 g/mol. The van der Waals surface area contributed by atoms with Crippen LogP contribution in [0.5, 0.6) is 0 Å². The Morgan fingerprint density at radius 3 is 2.81 bits per heavy atom. The zero-order valence-electron chi connectivity index (χ0n) is 14.9. The lowest BCUT2D eigenvalue weighted by Gasteiger charge is -2.04. The molecular weight excluding hydrogens is 346 g/mol. The molecule has 0 aliphatic carbocycles. The Morgan fingerprint density at radius 1 is 1.19 bits per heavy atom. The summed E-state index contributed by atoms with van der Waals surface area (Å²) in [4.78, 5) is 20.6. The molecule has 134 valence electrons. The van der Waals surface area contributed by atoms with Crippen molar-refractivity contribution in [3.05, 3.63) is 71.4 Å². The molecule has 1 N–H and O–H groups in total. The first-order valence-corrected chi connectivity index (χ1v) is 9.54. The molecule has 5 nitrogen and oxygen atoms in total. The lowest BCUT2D eigenvalue weighted by molar-refractivity contribution is -0.118. The number of hydrogen-bond acceptors (Lipinski definition) is 5. The summed E-state index contributed by atoms with van der Waals surface area (Å²) in [6.07, 6.45) is 3.46. The molecule has 1 aromatic carbocycles. The van der Waals surface area contributed by atoms with Gasteiger partial charge in [-0.15, -0.1) is 11.8 Å². The molecule has 3 aromatic rings. The van der Waals surface area contributed by atoms with Gasteiger partial charge in [0.05, 0.1) is 11.4 Å². The molecule has 0 unspecified atom stereocenters. The standard InChI is InChI=1S/C20H21N3O2S/c1-14-6-3-4-8-17(14)20-23-18(15(2)25-20)12-26-13-19(24)22-11-16-7-5-9-21-10-16/h3-10H,11-13H2,1-2H3,(H,22,24). The molecule has 0 aliphatic rings. The largest absolute Gasteiger partial charge is 0.441 e. The van der Waals surface area contributed by atoms with Gasteiger partial charge < -0.3 is 9.73 Å². The van der Waals surface area contributed by atoms with Crippen molar-refractivity contribution < 1.29 is 9.21 Å². The number of rotatable bonds is 7. The van der Waals surface area contributed by atoms with Crippen molar-refractivity contribution in [1.29, 1.82) is 0 Å². The highest BCUT2D eigenvalue weighted by Crippen LogP contribution is 2.26. The summed E-state index contributed by atoms with van der Waals surface area (Å²) in [6.45, 7) is 4.44. The first-order valence-electron chi connectivity index (χ1n) is 8.39. The van der Waals surface area contributed by atoms with E-state index in [2.05, 4.69) is 15.3 Å². The fourth-order valence-corrected chi connectivity index (χ4v) is 3.34. The normalized spacial score (nSPS) is 10.7. The van der Waals surface area contributed by atoms with Crippen LogP contribution < -0.4 is 5.32 Å². The third-order valence-electron chi connectivity index (χ3n) is 3.95. The number of thioether (sulfide) groups is 1. The van der Waals surface area contributed by atoms with Crippen LogP contribution in [-0.2, 0) is 17.1 Å². The number of pyridine rings is 1. The van der Waals surface area contributed by atoms with Crippen LogP contribution in [-0.4, -0.2) is 21.6 Å². The van der Waals surface area contributed by atoms with E-state index in [1.165, 1.54) is 11.8 Å². The number of amides is 1. The van der Waals surface area contributed by atoms with Crippen LogP contribution in [0, 0.1) is 13.8 Å². The van der Waals surface area contributed by atoms with Crippen molar-refractivity contribution in [2.75, 3.05) is 5.75 Å². The second-order valence-electron chi connectivity index (χ2n) is 5.97. The van der Waals surface area contributed by atoms with Gasteiger partial charge in [-0.05, 0) is 37.1 Å². The maximum atomic E-state index is 12.0. The van der Waals surface area contributed by atoms with Crippen LogP contribution in [0.25, 0.3) is 11.5 Å². The molecule has 0 spiro atoms. The maximum absolute atomic E-state index is 12.0. The number of hydrogen-bond donors (Lipinski definition) is 1. The summed E-state index contributed by atoms with van der Waals surface area (Å²) in [5.74, 6) is 2.45. The Balaban J connectivity index is 1.51. The predicted molar refractivity (Wildman–Crippen MR) is 104 cm³/mol. The minimum atomic E-state index is -0.000807. The molecule has 3 rings (SSSR count). The molecule has 0 saturated heterocycles. The van der Waals surface area contributed by atoms with Crippen LogP contribution in [0.3, 0.4) is 0 Å². The van der Waals surface area contributed by atoms with E-state index in [1.807, 2.05) is 50.2 Å². The second kappa shape index (κ2) is 8.67. The van der Waals surface area contributed by atoms with E-state index in [0.29, 0.717) is 23.9 Å². The van der Waals surface area contributed by atoms with Crippen molar-refractivity contribution in [2.24, 2.45) is 0 Å². The summed E-state index contributed by atoms with van der Waals surface area (Å²) >= 11 is 1.53. The van der Waals surface area contributed by atoms with Gasteiger partial charge in [0.15, 0.2) is 0 Å². The zero-order valence-corrected chi connectivity index (χ0v) is 15.7. The molecule has 26 heavy (non-hydrogen) atoms. The number of nitrogens with zero attached hydrogens (tertiary/aromatic N) is 2. The quantitative estimate of drug-likeness (QED) is 0.686. The lowest BCUT2D eigenvalue weighted by Crippen LogP contribution is -2.24. The van der Waals surface area contributed by atoms with Gasteiger partial charge in [0.1, 0.15) is 5.76 Å². The van der Waals surface area contributed by atoms with Crippen LogP contribution in [0.1, 0.15) is 22.6 Å². The Labute approximate surface area is 157 Å². The Hall–Kier alpha value is -2.60. The average Bonchev–Trinajstić information content (AvgIpc) is 3.02. The predicted octanol–water partition coefficient (Wildman–Crippen LogP) is 3.90.